The SMILES string of the molecule is O=C(OCc1ccccc1)N1c2cc(F)ccc2C(NC2CC2)C2CCCC21.O=C1c2ccc(F)cc2N(C(=O)OCc2ccccc2)C2CCCC12. The van der Waals surface area contributed by atoms with Crippen LogP contribution in [0.4, 0.5) is 29.7 Å². The summed E-state index contributed by atoms with van der Waals surface area (Å²) < 4.78 is 39.0. The molecule has 0 radical (unpaired) electrons. The van der Waals surface area contributed by atoms with Crippen LogP contribution in [0.3, 0.4) is 0 Å². The van der Waals surface area contributed by atoms with Crippen molar-refractivity contribution in [3.63, 3.8) is 0 Å². The summed E-state index contributed by atoms with van der Waals surface area (Å²) in [7, 11) is 0. The highest BCUT2D eigenvalue weighted by Gasteiger charge is 2.48. The molecule has 4 aromatic rings. The van der Waals surface area contributed by atoms with Crippen LogP contribution < -0.4 is 15.1 Å². The zero-order chi connectivity index (χ0) is 36.5. The Morgan fingerprint density at radius 1 is 0.660 bits per heavy atom. The van der Waals surface area contributed by atoms with Gasteiger partial charge in [0.1, 0.15) is 24.8 Å². The van der Waals surface area contributed by atoms with Gasteiger partial charge in [0.05, 0.1) is 17.4 Å². The number of hydrogen-bond donors (Lipinski definition) is 1. The summed E-state index contributed by atoms with van der Waals surface area (Å²) in [4.78, 5) is 41.7. The van der Waals surface area contributed by atoms with Crippen LogP contribution in [0.5, 0.6) is 0 Å². The van der Waals surface area contributed by atoms with Crippen molar-refractivity contribution in [2.45, 2.75) is 88.7 Å². The Balaban J connectivity index is 0.000000152. The summed E-state index contributed by atoms with van der Waals surface area (Å²) in [6.45, 7) is 0.369. The number of nitrogens with zero attached hydrogens (tertiary/aromatic N) is 2. The number of carbonyl (C=O) groups is 3. The first kappa shape index (κ1) is 35.0. The lowest BCUT2D eigenvalue weighted by Gasteiger charge is -2.43. The van der Waals surface area contributed by atoms with Crippen molar-refractivity contribution in [3.05, 3.63) is 131 Å². The summed E-state index contributed by atoms with van der Waals surface area (Å²) in [5.41, 5.74) is 4.25. The first-order valence-corrected chi connectivity index (χ1v) is 18.7. The van der Waals surface area contributed by atoms with Crippen molar-refractivity contribution in [1.29, 1.82) is 0 Å². The van der Waals surface area contributed by atoms with Crippen LogP contribution >= 0.6 is 0 Å². The molecule has 10 heteroatoms. The minimum Gasteiger partial charge on any atom is -0.444 e. The molecule has 1 N–H and O–H groups in total. The first-order valence-electron chi connectivity index (χ1n) is 18.7. The van der Waals surface area contributed by atoms with E-state index in [1.54, 1.807) is 4.90 Å². The fraction of sp³-hybridized carbons (Fsp3) is 0.372. The number of hydrogen-bond acceptors (Lipinski definition) is 6. The third kappa shape index (κ3) is 7.29. The minimum atomic E-state index is -0.528. The van der Waals surface area contributed by atoms with Gasteiger partial charge in [-0.05, 0) is 91.5 Å². The maximum Gasteiger partial charge on any atom is 0.414 e. The molecule has 53 heavy (non-hydrogen) atoms. The van der Waals surface area contributed by atoms with Gasteiger partial charge in [0.25, 0.3) is 0 Å². The Morgan fingerprint density at radius 3 is 1.87 bits per heavy atom. The molecule has 8 nitrogen and oxygen atoms in total. The number of anilines is 2. The van der Waals surface area contributed by atoms with Crippen LogP contribution in [0.1, 0.15) is 84.5 Å². The van der Waals surface area contributed by atoms with Crippen molar-refractivity contribution < 1.29 is 32.6 Å². The summed E-state index contributed by atoms with van der Waals surface area (Å²) >= 11 is 0. The van der Waals surface area contributed by atoms with E-state index in [2.05, 4.69) is 5.32 Å². The smallest absolute Gasteiger partial charge is 0.414 e. The molecule has 0 aromatic heterocycles. The highest BCUT2D eigenvalue weighted by atomic mass is 19.1. The Morgan fingerprint density at radius 2 is 1.23 bits per heavy atom. The van der Waals surface area contributed by atoms with Crippen molar-refractivity contribution in [1.82, 2.24) is 5.32 Å². The molecule has 9 rings (SSSR count). The van der Waals surface area contributed by atoms with Crippen molar-refractivity contribution in [2.75, 3.05) is 9.80 Å². The molecule has 2 aliphatic heterocycles. The molecule has 2 heterocycles. The normalized spacial score (nSPS) is 23.9. The van der Waals surface area contributed by atoms with Crippen molar-refractivity contribution in [3.8, 4) is 0 Å². The zero-order valence-electron chi connectivity index (χ0n) is 29.5. The van der Waals surface area contributed by atoms with Gasteiger partial charge >= 0.3 is 12.2 Å². The van der Waals surface area contributed by atoms with Crippen LogP contribution in [0.15, 0.2) is 97.1 Å². The number of benzene rings is 4. The third-order valence-corrected chi connectivity index (χ3v) is 11.3. The minimum absolute atomic E-state index is 0.00427. The van der Waals surface area contributed by atoms with E-state index in [9.17, 15) is 23.2 Å². The predicted octanol–water partition coefficient (Wildman–Crippen LogP) is 9.28. The Hall–Kier alpha value is -5.09. The molecule has 3 aliphatic carbocycles. The lowest BCUT2D eigenvalue weighted by molar-refractivity contribution is 0.0895. The molecule has 0 spiro atoms. The molecule has 3 fully saturated rings. The molecule has 4 aromatic carbocycles. The van der Waals surface area contributed by atoms with E-state index in [0.717, 1.165) is 55.2 Å². The Kier molecular flexibility index (Phi) is 9.96. The third-order valence-electron chi connectivity index (χ3n) is 11.3. The number of nitrogens with one attached hydrogen (secondary N) is 1. The van der Waals surface area contributed by atoms with Gasteiger partial charge in [-0.15, -0.1) is 0 Å². The van der Waals surface area contributed by atoms with Crippen LogP contribution in [0.2, 0.25) is 0 Å². The van der Waals surface area contributed by atoms with Gasteiger partial charge in [-0.25, -0.2) is 18.4 Å². The standard InChI is InChI=1S/C23H25FN2O2.C20H18FNO3/c24-16-9-12-19-21(13-16)26(23(27)28-14-15-5-2-1-3-6-15)20-8-4-7-18(20)22(19)25-17-10-11-17;21-14-9-10-16-18(11-14)22(17-8-4-7-15(17)19(16)23)20(24)25-12-13-5-2-1-3-6-13/h1-3,5-6,9,12-13,17-18,20,22,25H,4,7-8,10-11,14H2;1-3,5-6,9-11,15,17H,4,7-8,12H2. The lowest BCUT2D eigenvalue weighted by atomic mass is 9.83. The largest absolute Gasteiger partial charge is 0.444 e. The number of ketones is 1. The second kappa shape index (κ2) is 15.1. The van der Waals surface area contributed by atoms with E-state index in [1.165, 1.54) is 48.1 Å². The van der Waals surface area contributed by atoms with Gasteiger partial charge < -0.3 is 14.8 Å². The van der Waals surface area contributed by atoms with Gasteiger partial charge in [-0.3, -0.25) is 14.6 Å². The summed E-state index contributed by atoms with van der Waals surface area (Å²) in [6, 6.07) is 28.4. The fourth-order valence-corrected chi connectivity index (χ4v) is 8.68. The molecule has 2 amide bonds. The van der Waals surface area contributed by atoms with E-state index in [0.29, 0.717) is 28.9 Å². The lowest BCUT2D eigenvalue weighted by Crippen LogP contribution is -2.51. The van der Waals surface area contributed by atoms with Crippen molar-refractivity contribution >= 4 is 29.3 Å². The van der Waals surface area contributed by atoms with E-state index in [4.69, 9.17) is 9.47 Å². The molecule has 0 saturated heterocycles. The molecule has 3 saturated carbocycles. The first-order chi connectivity index (χ1) is 25.9. The van der Waals surface area contributed by atoms with E-state index < -0.39 is 11.9 Å². The van der Waals surface area contributed by atoms with Crippen LogP contribution in [0, 0.1) is 23.5 Å². The van der Waals surface area contributed by atoms with Gasteiger partial charge in [0.2, 0.25) is 0 Å². The summed E-state index contributed by atoms with van der Waals surface area (Å²) in [5.74, 6) is -0.653. The monoisotopic (exact) mass is 719 g/mol. The number of Topliss-reactive ketones (excluding diaryl/α,β-unsaturated/α-hetero) is 1. The average Bonchev–Trinajstić information content (AvgIpc) is 3.62. The van der Waals surface area contributed by atoms with Crippen LogP contribution in [-0.4, -0.2) is 36.1 Å². The summed E-state index contributed by atoms with van der Waals surface area (Å²) in [6.07, 6.45) is 6.95. The molecule has 5 unspecified atom stereocenters. The van der Waals surface area contributed by atoms with Crippen LogP contribution in [0.25, 0.3) is 0 Å². The van der Waals surface area contributed by atoms with E-state index in [1.807, 2.05) is 66.7 Å². The fourth-order valence-electron chi connectivity index (χ4n) is 8.68. The second-order valence-corrected chi connectivity index (χ2v) is 14.7. The van der Waals surface area contributed by atoms with Gasteiger partial charge in [-0.2, -0.15) is 0 Å². The second-order valence-electron chi connectivity index (χ2n) is 14.7. The molecular formula is C43H43F2N3O5. The molecule has 274 valence electrons. The van der Waals surface area contributed by atoms with E-state index >= 15 is 0 Å². The number of carbonyl (C=O) groups excluding carboxylic acids is 3. The predicted molar refractivity (Wildman–Crippen MR) is 196 cm³/mol. The molecule has 5 atom stereocenters. The maximum atomic E-state index is 14.1. The molecular weight excluding hydrogens is 676 g/mol. The topological polar surface area (TPSA) is 88.2 Å². The highest BCUT2D eigenvalue weighted by Crippen LogP contribution is 2.49. The maximum absolute atomic E-state index is 14.1. The number of halogens is 2. The number of fused-ring (bicyclic) bond motifs is 4. The highest BCUT2D eigenvalue weighted by molar-refractivity contribution is 6.09. The summed E-state index contributed by atoms with van der Waals surface area (Å²) in [5, 5.41) is 3.76. The molecule has 5 aliphatic rings. The average molecular weight is 720 g/mol. The quantitative estimate of drug-likeness (QED) is 0.214. The van der Waals surface area contributed by atoms with E-state index in [-0.39, 0.29) is 55.0 Å². The van der Waals surface area contributed by atoms with Crippen molar-refractivity contribution in [2.24, 2.45) is 11.8 Å². The Labute approximate surface area is 308 Å². The molecule has 0 bridgehead atoms. The van der Waals surface area contributed by atoms with Gasteiger partial charge in [-0.1, -0.05) is 79.6 Å². The number of ether oxygens (including phenoxy) is 2. The van der Waals surface area contributed by atoms with Gasteiger partial charge in [0.15, 0.2) is 5.78 Å². The number of amides is 2. The Bertz CT molecular complexity index is 1970. The van der Waals surface area contributed by atoms with Crippen LogP contribution in [-0.2, 0) is 22.7 Å². The zero-order valence-corrected chi connectivity index (χ0v) is 29.5. The number of rotatable bonds is 6. The van der Waals surface area contributed by atoms with Gasteiger partial charge in [0, 0.05) is 29.6 Å².